The van der Waals surface area contributed by atoms with Crippen molar-refractivity contribution >= 4 is 6.08 Å². The van der Waals surface area contributed by atoms with Crippen LogP contribution in [0.4, 0.5) is 0 Å². The molecule has 1 aromatic carbocycles. The monoisotopic (exact) mass is 199 g/mol. The average Bonchev–Trinajstić information content (AvgIpc) is 2.31. The summed E-state index contributed by atoms with van der Waals surface area (Å²) in [5.74, 6) is 0.679. The highest BCUT2D eigenvalue weighted by Gasteiger charge is 2.02. The zero-order chi connectivity index (χ0) is 10.5. The molecule has 0 atom stereocenters. The van der Waals surface area contributed by atoms with Gasteiger partial charge in [0.1, 0.15) is 18.4 Å². The van der Waals surface area contributed by atoms with Crippen molar-refractivity contribution in [2.24, 2.45) is 0 Å². The van der Waals surface area contributed by atoms with Gasteiger partial charge in [-0.25, -0.2) is 4.98 Å². The highest BCUT2D eigenvalue weighted by molar-refractivity contribution is 5.55. The Hall–Kier alpha value is -2.23. The molecule has 15 heavy (non-hydrogen) atoms. The number of aromatic nitrogens is 3. The van der Waals surface area contributed by atoms with E-state index in [1.165, 1.54) is 12.7 Å². The molecule has 0 aliphatic heterocycles. The molecule has 1 heterocycles. The number of hydrogen-bond donors (Lipinski definition) is 0. The minimum Gasteiger partial charge on any atom is -0.424 e. The van der Waals surface area contributed by atoms with Gasteiger partial charge in [-0.3, -0.25) is 0 Å². The first-order valence-electron chi connectivity index (χ1n) is 4.41. The second kappa shape index (κ2) is 4.32. The quantitative estimate of drug-likeness (QED) is 0.761. The Labute approximate surface area is 87.3 Å². The average molecular weight is 199 g/mol. The fraction of sp³-hybridized carbons (Fsp3) is 0. The third-order valence-corrected chi connectivity index (χ3v) is 1.81. The number of ether oxygens (including phenoxy) is 1. The third-order valence-electron chi connectivity index (χ3n) is 1.81. The van der Waals surface area contributed by atoms with Gasteiger partial charge in [-0.05, 0) is 6.07 Å². The topological polar surface area (TPSA) is 47.9 Å². The van der Waals surface area contributed by atoms with Crippen LogP contribution in [-0.4, -0.2) is 15.0 Å². The number of hydrogen-bond acceptors (Lipinski definition) is 4. The predicted octanol–water partition coefficient (Wildman–Crippen LogP) is 2.31. The maximum absolute atomic E-state index is 5.47. The lowest BCUT2D eigenvalue weighted by atomic mass is 10.2. The van der Waals surface area contributed by atoms with Crippen molar-refractivity contribution < 1.29 is 4.74 Å². The molecule has 0 fully saturated rings. The molecule has 0 radical (unpaired) electrons. The third kappa shape index (κ3) is 2.17. The summed E-state index contributed by atoms with van der Waals surface area (Å²) in [4.78, 5) is 11.4. The number of para-hydroxylation sites is 1. The Kier molecular flexibility index (Phi) is 2.69. The van der Waals surface area contributed by atoms with E-state index in [1.54, 1.807) is 6.08 Å². The molecular formula is C11H9N3O. The van der Waals surface area contributed by atoms with Crippen molar-refractivity contribution in [3.8, 4) is 11.8 Å². The molecule has 0 spiro atoms. The molecule has 0 aliphatic carbocycles. The highest BCUT2D eigenvalue weighted by atomic mass is 16.5. The zero-order valence-corrected chi connectivity index (χ0v) is 8.00. The summed E-state index contributed by atoms with van der Waals surface area (Å²) in [6.07, 6.45) is 4.49. The molecule has 74 valence electrons. The normalized spacial score (nSPS) is 9.60. The van der Waals surface area contributed by atoms with Crippen molar-refractivity contribution in [1.29, 1.82) is 0 Å². The maximum Gasteiger partial charge on any atom is 0.324 e. The summed E-state index contributed by atoms with van der Waals surface area (Å²) in [7, 11) is 0. The number of benzene rings is 1. The van der Waals surface area contributed by atoms with Gasteiger partial charge in [-0.1, -0.05) is 30.9 Å². The summed E-state index contributed by atoms with van der Waals surface area (Å²) in [5, 5.41) is 0. The molecular weight excluding hydrogens is 190 g/mol. The minimum atomic E-state index is 0.277. The van der Waals surface area contributed by atoms with Crippen LogP contribution in [0.1, 0.15) is 5.56 Å². The van der Waals surface area contributed by atoms with E-state index in [1.807, 2.05) is 24.3 Å². The molecule has 2 rings (SSSR count). The molecule has 0 saturated carbocycles. The van der Waals surface area contributed by atoms with E-state index in [-0.39, 0.29) is 6.01 Å². The van der Waals surface area contributed by atoms with Gasteiger partial charge in [0.15, 0.2) is 0 Å². The van der Waals surface area contributed by atoms with Gasteiger partial charge in [0.25, 0.3) is 0 Å². The van der Waals surface area contributed by atoms with Crippen LogP contribution in [0.15, 0.2) is 43.5 Å². The first kappa shape index (κ1) is 9.33. The van der Waals surface area contributed by atoms with Crippen LogP contribution in [0.3, 0.4) is 0 Å². The van der Waals surface area contributed by atoms with E-state index < -0.39 is 0 Å². The SMILES string of the molecule is C=Cc1ccccc1Oc1ncncn1. The van der Waals surface area contributed by atoms with Gasteiger partial charge in [-0.2, -0.15) is 9.97 Å². The second-order valence-electron chi connectivity index (χ2n) is 2.76. The van der Waals surface area contributed by atoms with E-state index in [0.717, 1.165) is 5.56 Å². The van der Waals surface area contributed by atoms with Crippen molar-refractivity contribution in [3.63, 3.8) is 0 Å². The number of nitrogens with zero attached hydrogens (tertiary/aromatic N) is 3. The molecule has 0 unspecified atom stereocenters. The van der Waals surface area contributed by atoms with Crippen LogP contribution < -0.4 is 4.74 Å². The van der Waals surface area contributed by atoms with Crippen LogP contribution in [0.2, 0.25) is 0 Å². The van der Waals surface area contributed by atoms with Crippen molar-refractivity contribution in [2.45, 2.75) is 0 Å². The van der Waals surface area contributed by atoms with Gasteiger partial charge in [0.05, 0.1) is 0 Å². The molecule has 0 saturated heterocycles. The van der Waals surface area contributed by atoms with E-state index in [9.17, 15) is 0 Å². The van der Waals surface area contributed by atoms with E-state index in [2.05, 4.69) is 21.5 Å². The molecule has 0 amide bonds. The standard InChI is InChI=1S/C11H9N3O/c1-2-9-5-3-4-6-10(9)15-11-13-7-12-8-14-11/h2-8H,1H2. The molecule has 4 nitrogen and oxygen atoms in total. The lowest BCUT2D eigenvalue weighted by molar-refractivity contribution is 0.438. The van der Waals surface area contributed by atoms with Crippen molar-refractivity contribution in [3.05, 3.63) is 49.1 Å². The summed E-state index contributed by atoms with van der Waals surface area (Å²) in [6.45, 7) is 3.70. The number of rotatable bonds is 3. The first-order chi connectivity index (χ1) is 7.40. The Bertz CT molecular complexity index is 456. The van der Waals surface area contributed by atoms with Gasteiger partial charge in [-0.15, -0.1) is 0 Å². The molecule has 0 N–H and O–H groups in total. The molecule has 4 heteroatoms. The van der Waals surface area contributed by atoms with Crippen LogP contribution in [-0.2, 0) is 0 Å². The zero-order valence-electron chi connectivity index (χ0n) is 8.00. The maximum atomic E-state index is 5.47. The smallest absolute Gasteiger partial charge is 0.324 e. The van der Waals surface area contributed by atoms with E-state index >= 15 is 0 Å². The second-order valence-corrected chi connectivity index (χ2v) is 2.76. The van der Waals surface area contributed by atoms with Crippen LogP contribution in [0.5, 0.6) is 11.8 Å². The predicted molar refractivity (Wildman–Crippen MR) is 56.4 cm³/mol. The lowest BCUT2D eigenvalue weighted by Crippen LogP contribution is -1.92. The Balaban J connectivity index is 2.28. The molecule has 0 bridgehead atoms. The first-order valence-corrected chi connectivity index (χ1v) is 4.41. The summed E-state index contributed by atoms with van der Waals surface area (Å²) < 4.78 is 5.47. The molecule has 0 aliphatic rings. The Morgan fingerprint density at radius 3 is 2.60 bits per heavy atom. The fourth-order valence-electron chi connectivity index (χ4n) is 1.12. The fourth-order valence-corrected chi connectivity index (χ4v) is 1.12. The molecule has 1 aromatic heterocycles. The van der Waals surface area contributed by atoms with Crippen LogP contribution >= 0.6 is 0 Å². The summed E-state index contributed by atoms with van der Waals surface area (Å²) >= 11 is 0. The largest absolute Gasteiger partial charge is 0.424 e. The summed E-state index contributed by atoms with van der Waals surface area (Å²) in [5.41, 5.74) is 0.901. The molecule has 2 aromatic rings. The van der Waals surface area contributed by atoms with Crippen molar-refractivity contribution in [2.75, 3.05) is 0 Å². The van der Waals surface area contributed by atoms with Gasteiger partial charge < -0.3 is 4.74 Å². The lowest BCUT2D eigenvalue weighted by Gasteiger charge is -2.05. The van der Waals surface area contributed by atoms with Gasteiger partial charge >= 0.3 is 6.01 Å². The van der Waals surface area contributed by atoms with E-state index in [0.29, 0.717) is 5.75 Å². The van der Waals surface area contributed by atoms with Gasteiger partial charge in [0.2, 0.25) is 0 Å². The van der Waals surface area contributed by atoms with Crippen LogP contribution in [0.25, 0.3) is 6.08 Å². The van der Waals surface area contributed by atoms with Crippen LogP contribution in [0, 0.1) is 0 Å². The highest BCUT2D eigenvalue weighted by Crippen LogP contribution is 2.22. The Morgan fingerprint density at radius 2 is 1.87 bits per heavy atom. The minimum absolute atomic E-state index is 0.277. The Morgan fingerprint density at radius 1 is 1.13 bits per heavy atom. The summed E-state index contributed by atoms with van der Waals surface area (Å²) in [6, 6.07) is 7.81. The van der Waals surface area contributed by atoms with Crippen molar-refractivity contribution in [1.82, 2.24) is 15.0 Å². The van der Waals surface area contributed by atoms with Gasteiger partial charge in [0, 0.05) is 5.56 Å². The van der Waals surface area contributed by atoms with E-state index in [4.69, 9.17) is 4.74 Å².